The molecule has 0 unspecified atom stereocenters. The van der Waals surface area contributed by atoms with Crippen molar-refractivity contribution in [1.82, 2.24) is 0 Å². The highest BCUT2D eigenvalue weighted by atomic mass is 79.9. The summed E-state index contributed by atoms with van der Waals surface area (Å²) in [7, 11) is 0. The van der Waals surface area contributed by atoms with Crippen molar-refractivity contribution in [3.63, 3.8) is 0 Å². The summed E-state index contributed by atoms with van der Waals surface area (Å²) < 4.78 is 13.5. The Hall–Kier alpha value is -1.35. The van der Waals surface area contributed by atoms with E-state index in [0.717, 1.165) is 11.6 Å². The van der Waals surface area contributed by atoms with E-state index in [1.807, 2.05) is 30.3 Å². The van der Waals surface area contributed by atoms with E-state index < -0.39 is 5.82 Å². The van der Waals surface area contributed by atoms with E-state index >= 15 is 0 Å². The first kappa shape index (κ1) is 11.1. The van der Waals surface area contributed by atoms with Gasteiger partial charge in [-0.1, -0.05) is 46.3 Å². The van der Waals surface area contributed by atoms with Gasteiger partial charge < -0.3 is 5.11 Å². The van der Waals surface area contributed by atoms with Gasteiger partial charge >= 0.3 is 0 Å². The molecule has 0 aliphatic carbocycles. The van der Waals surface area contributed by atoms with Crippen LogP contribution in [0.3, 0.4) is 0 Å². The molecule has 0 aliphatic rings. The molecule has 2 aromatic carbocycles. The number of hydrogen-bond acceptors (Lipinski definition) is 1. The highest BCUT2D eigenvalue weighted by molar-refractivity contribution is 9.10. The van der Waals surface area contributed by atoms with Crippen LogP contribution in [0.2, 0.25) is 0 Å². The van der Waals surface area contributed by atoms with E-state index in [1.54, 1.807) is 0 Å². The summed E-state index contributed by atoms with van der Waals surface area (Å²) >= 11 is 3.26. The Balaban J connectivity index is 2.35. The van der Waals surface area contributed by atoms with Crippen molar-refractivity contribution in [2.45, 2.75) is 6.42 Å². The molecule has 0 aliphatic heterocycles. The van der Waals surface area contributed by atoms with Crippen LogP contribution in [0, 0.1) is 5.82 Å². The third-order valence-electron chi connectivity index (χ3n) is 2.36. The smallest absolute Gasteiger partial charge is 0.128 e. The molecule has 0 atom stereocenters. The third kappa shape index (κ3) is 2.42. The number of phenolic OH excluding ortho intramolecular Hbond substituents is 1. The van der Waals surface area contributed by atoms with Crippen molar-refractivity contribution in [2.24, 2.45) is 0 Å². The molecule has 82 valence electrons. The second kappa shape index (κ2) is 4.66. The Morgan fingerprint density at radius 3 is 2.44 bits per heavy atom. The summed E-state index contributed by atoms with van der Waals surface area (Å²) in [6.07, 6.45) is 0.577. The predicted octanol–water partition coefficient (Wildman–Crippen LogP) is 3.88. The SMILES string of the molecule is Oc1cc(F)cc(Br)c1Cc1ccccc1. The summed E-state index contributed by atoms with van der Waals surface area (Å²) in [5, 5.41) is 9.66. The highest BCUT2D eigenvalue weighted by Gasteiger charge is 2.09. The van der Waals surface area contributed by atoms with Gasteiger partial charge in [0, 0.05) is 22.5 Å². The van der Waals surface area contributed by atoms with Crippen molar-refractivity contribution >= 4 is 15.9 Å². The van der Waals surface area contributed by atoms with Crippen molar-refractivity contribution in [1.29, 1.82) is 0 Å². The maximum absolute atomic E-state index is 13.0. The Kier molecular flexibility index (Phi) is 3.25. The van der Waals surface area contributed by atoms with Crippen LogP contribution in [0.5, 0.6) is 5.75 Å². The number of rotatable bonds is 2. The van der Waals surface area contributed by atoms with Crippen LogP contribution in [0.25, 0.3) is 0 Å². The highest BCUT2D eigenvalue weighted by Crippen LogP contribution is 2.29. The standard InChI is InChI=1S/C13H10BrFO/c14-12-7-10(15)8-13(16)11(12)6-9-4-2-1-3-5-9/h1-5,7-8,16H,6H2. The molecule has 1 nitrogen and oxygen atoms in total. The van der Waals surface area contributed by atoms with Crippen LogP contribution >= 0.6 is 15.9 Å². The predicted molar refractivity (Wildman–Crippen MR) is 65.0 cm³/mol. The van der Waals surface area contributed by atoms with Gasteiger partial charge in [-0.25, -0.2) is 4.39 Å². The molecule has 0 amide bonds. The van der Waals surface area contributed by atoms with Gasteiger partial charge in [0.05, 0.1) is 0 Å². The maximum atomic E-state index is 13.0. The second-order valence-corrected chi connectivity index (χ2v) is 4.40. The Morgan fingerprint density at radius 2 is 1.81 bits per heavy atom. The molecule has 3 heteroatoms. The fourth-order valence-corrected chi connectivity index (χ4v) is 2.13. The van der Waals surface area contributed by atoms with Crippen molar-refractivity contribution < 1.29 is 9.50 Å². The van der Waals surface area contributed by atoms with Gasteiger partial charge in [0.1, 0.15) is 11.6 Å². The van der Waals surface area contributed by atoms with Gasteiger partial charge in [0.25, 0.3) is 0 Å². The summed E-state index contributed by atoms with van der Waals surface area (Å²) in [4.78, 5) is 0. The van der Waals surface area contributed by atoms with E-state index in [0.29, 0.717) is 16.5 Å². The number of hydrogen-bond donors (Lipinski definition) is 1. The van der Waals surface area contributed by atoms with Crippen LogP contribution in [0.4, 0.5) is 4.39 Å². The van der Waals surface area contributed by atoms with Gasteiger partial charge in [0.2, 0.25) is 0 Å². The van der Waals surface area contributed by atoms with E-state index in [9.17, 15) is 9.50 Å². The average Bonchev–Trinajstić information content (AvgIpc) is 2.25. The summed E-state index contributed by atoms with van der Waals surface area (Å²) in [5.41, 5.74) is 1.78. The lowest BCUT2D eigenvalue weighted by Crippen LogP contribution is -1.91. The number of phenols is 1. The van der Waals surface area contributed by atoms with Crippen LogP contribution in [0.15, 0.2) is 46.9 Å². The first-order valence-corrected chi connectivity index (χ1v) is 5.67. The third-order valence-corrected chi connectivity index (χ3v) is 3.07. The van der Waals surface area contributed by atoms with Gasteiger partial charge in [0.15, 0.2) is 0 Å². The van der Waals surface area contributed by atoms with Crippen LogP contribution < -0.4 is 0 Å². The van der Waals surface area contributed by atoms with E-state index in [2.05, 4.69) is 15.9 Å². The zero-order valence-corrected chi connectivity index (χ0v) is 10.0. The molecular formula is C13H10BrFO. The van der Waals surface area contributed by atoms with Crippen molar-refractivity contribution in [3.8, 4) is 5.75 Å². The van der Waals surface area contributed by atoms with E-state index in [1.165, 1.54) is 6.07 Å². The molecule has 0 bridgehead atoms. The molecule has 0 aromatic heterocycles. The Labute approximate surface area is 102 Å². The minimum atomic E-state index is -0.443. The molecular weight excluding hydrogens is 271 g/mol. The minimum Gasteiger partial charge on any atom is -0.508 e. The maximum Gasteiger partial charge on any atom is 0.128 e. The van der Waals surface area contributed by atoms with Gasteiger partial charge in [-0.05, 0) is 11.6 Å². The average molecular weight is 281 g/mol. The van der Waals surface area contributed by atoms with Crippen LogP contribution in [0.1, 0.15) is 11.1 Å². The zero-order chi connectivity index (χ0) is 11.5. The summed E-state index contributed by atoms with van der Waals surface area (Å²) in [6, 6.07) is 12.2. The fraction of sp³-hybridized carbons (Fsp3) is 0.0769. The summed E-state index contributed by atoms with van der Waals surface area (Å²) in [5.74, 6) is -0.461. The summed E-state index contributed by atoms with van der Waals surface area (Å²) in [6.45, 7) is 0. The first-order chi connectivity index (χ1) is 7.66. The topological polar surface area (TPSA) is 20.2 Å². The normalized spacial score (nSPS) is 10.4. The second-order valence-electron chi connectivity index (χ2n) is 3.55. The molecule has 2 aromatic rings. The molecule has 0 spiro atoms. The lowest BCUT2D eigenvalue weighted by Gasteiger charge is -2.07. The van der Waals surface area contributed by atoms with Gasteiger partial charge in [-0.15, -0.1) is 0 Å². The lowest BCUT2D eigenvalue weighted by molar-refractivity contribution is 0.462. The molecule has 0 saturated carbocycles. The van der Waals surface area contributed by atoms with Crippen molar-refractivity contribution in [2.75, 3.05) is 0 Å². The van der Waals surface area contributed by atoms with Gasteiger partial charge in [-0.3, -0.25) is 0 Å². The molecule has 16 heavy (non-hydrogen) atoms. The first-order valence-electron chi connectivity index (χ1n) is 4.87. The molecule has 0 radical (unpaired) electrons. The largest absolute Gasteiger partial charge is 0.508 e. The monoisotopic (exact) mass is 280 g/mol. The number of benzene rings is 2. The molecule has 0 saturated heterocycles. The zero-order valence-electron chi connectivity index (χ0n) is 8.45. The van der Waals surface area contributed by atoms with Gasteiger partial charge in [-0.2, -0.15) is 0 Å². The Bertz CT molecular complexity index is 474. The minimum absolute atomic E-state index is 0.0178. The number of aromatic hydroxyl groups is 1. The van der Waals surface area contributed by atoms with Crippen LogP contribution in [-0.4, -0.2) is 5.11 Å². The molecule has 0 heterocycles. The molecule has 1 N–H and O–H groups in total. The fourth-order valence-electron chi connectivity index (χ4n) is 1.56. The van der Waals surface area contributed by atoms with E-state index in [4.69, 9.17) is 0 Å². The molecule has 0 fully saturated rings. The quantitative estimate of drug-likeness (QED) is 0.885. The van der Waals surface area contributed by atoms with Crippen molar-refractivity contribution in [3.05, 3.63) is 63.9 Å². The van der Waals surface area contributed by atoms with Crippen LogP contribution in [-0.2, 0) is 6.42 Å². The number of halogens is 2. The lowest BCUT2D eigenvalue weighted by atomic mass is 10.0. The Morgan fingerprint density at radius 1 is 1.12 bits per heavy atom. The van der Waals surface area contributed by atoms with E-state index in [-0.39, 0.29) is 5.75 Å². The molecule has 2 rings (SSSR count).